The zero-order valence-electron chi connectivity index (χ0n) is 13.9. The second-order valence-corrected chi connectivity index (χ2v) is 7.59. The van der Waals surface area contributed by atoms with Crippen LogP contribution in [0.15, 0.2) is 18.2 Å². The third kappa shape index (κ3) is 3.37. The summed E-state index contributed by atoms with van der Waals surface area (Å²) in [5.74, 6) is 1.55. The molecular weight excluding hydrogens is 346 g/mol. The average molecular weight is 366 g/mol. The maximum Gasteiger partial charge on any atom is 0.265 e. The number of fused-ring (bicyclic) bond motifs is 1. The maximum atomic E-state index is 12.6. The summed E-state index contributed by atoms with van der Waals surface area (Å²) in [6.07, 6.45) is 3.31. The van der Waals surface area contributed by atoms with Gasteiger partial charge in [0, 0.05) is 17.0 Å². The molecule has 1 aromatic heterocycles. The lowest BCUT2D eigenvalue weighted by atomic mass is 9.90. The number of nitrogens with one attached hydrogen (secondary N) is 1. The van der Waals surface area contributed by atoms with Crippen molar-refractivity contribution in [2.75, 3.05) is 19.5 Å². The maximum absolute atomic E-state index is 12.6. The third-order valence-electron chi connectivity index (χ3n) is 4.28. The van der Waals surface area contributed by atoms with Crippen LogP contribution in [0, 0.1) is 5.92 Å². The highest BCUT2D eigenvalue weighted by Gasteiger charge is 2.21. The van der Waals surface area contributed by atoms with Crippen molar-refractivity contribution in [1.29, 1.82) is 0 Å². The molecule has 6 heteroatoms. The summed E-state index contributed by atoms with van der Waals surface area (Å²) >= 11 is 7.68. The van der Waals surface area contributed by atoms with E-state index in [4.69, 9.17) is 21.1 Å². The molecule has 128 valence electrons. The number of halogens is 1. The number of carbonyl (C=O) groups is 1. The van der Waals surface area contributed by atoms with Gasteiger partial charge in [-0.3, -0.25) is 4.79 Å². The number of aryl methyl sites for hydroxylation is 1. The van der Waals surface area contributed by atoms with E-state index >= 15 is 0 Å². The quantitative estimate of drug-likeness (QED) is 0.846. The monoisotopic (exact) mass is 365 g/mol. The van der Waals surface area contributed by atoms with E-state index in [0.29, 0.717) is 28.1 Å². The molecule has 2 aromatic rings. The van der Waals surface area contributed by atoms with Crippen molar-refractivity contribution in [2.24, 2.45) is 5.92 Å². The van der Waals surface area contributed by atoms with Gasteiger partial charge in [-0.05, 0) is 36.8 Å². The number of methoxy groups -OCH3 is 2. The van der Waals surface area contributed by atoms with Crippen molar-refractivity contribution in [2.45, 2.75) is 26.2 Å². The summed E-state index contributed by atoms with van der Waals surface area (Å²) in [4.78, 5) is 14.7. The highest BCUT2D eigenvalue weighted by atomic mass is 35.5. The first-order valence-corrected chi connectivity index (χ1v) is 9.05. The fourth-order valence-corrected chi connectivity index (χ4v) is 4.29. The lowest BCUT2D eigenvalue weighted by molar-refractivity contribution is 0.103. The van der Waals surface area contributed by atoms with Crippen molar-refractivity contribution in [1.82, 2.24) is 0 Å². The van der Waals surface area contributed by atoms with Crippen LogP contribution in [0.1, 0.15) is 33.5 Å². The summed E-state index contributed by atoms with van der Waals surface area (Å²) in [7, 11) is 3.08. The first kappa shape index (κ1) is 17.1. The molecular formula is C18H20ClNO3S. The van der Waals surface area contributed by atoms with Gasteiger partial charge < -0.3 is 14.8 Å². The molecule has 1 N–H and O–H groups in total. The van der Waals surface area contributed by atoms with Crippen LogP contribution in [0.2, 0.25) is 5.02 Å². The molecule has 3 rings (SSSR count). The first-order valence-electron chi connectivity index (χ1n) is 7.86. The van der Waals surface area contributed by atoms with E-state index in [9.17, 15) is 4.79 Å². The predicted molar refractivity (Wildman–Crippen MR) is 98.0 cm³/mol. The van der Waals surface area contributed by atoms with Gasteiger partial charge in [0.05, 0.1) is 29.8 Å². The summed E-state index contributed by atoms with van der Waals surface area (Å²) in [6.45, 7) is 2.26. The molecule has 24 heavy (non-hydrogen) atoms. The second-order valence-electron chi connectivity index (χ2n) is 6.05. The molecule has 1 heterocycles. The zero-order valence-corrected chi connectivity index (χ0v) is 15.5. The topological polar surface area (TPSA) is 47.6 Å². The summed E-state index contributed by atoms with van der Waals surface area (Å²) in [5, 5.41) is 3.35. The second kappa shape index (κ2) is 7.03. The molecule has 0 saturated carbocycles. The number of thiophene rings is 1. The molecule has 0 unspecified atom stereocenters. The molecule has 0 saturated heterocycles. The molecule has 0 radical (unpaired) electrons. The molecule has 4 nitrogen and oxygen atoms in total. The summed E-state index contributed by atoms with van der Waals surface area (Å²) in [5.41, 5.74) is 1.85. The molecule has 0 bridgehead atoms. The Bertz CT molecular complexity index is 772. The number of ether oxygens (including phenoxy) is 2. The molecule has 1 aliphatic rings. The molecule has 1 amide bonds. The number of benzene rings is 1. The lowest BCUT2D eigenvalue weighted by Crippen LogP contribution is -2.11. The number of hydrogen-bond donors (Lipinski definition) is 1. The number of hydrogen-bond acceptors (Lipinski definition) is 4. The fraction of sp³-hybridized carbons (Fsp3) is 0.389. The van der Waals surface area contributed by atoms with E-state index in [1.807, 2.05) is 6.07 Å². The van der Waals surface area contributed by atoms with E-state index < -0.39 is 0 Å². The average Bonchev–Trinajstić information content (AvgIpc) is 2.99. The standard InChI is InChI=1S/C18H20ClNO3S/c1-10-4-5-16-11(6-10)7-17(24-16)18(21)20-13-9-14(22-2)12(19)8-15(13)23-3/h7-10H,4-6H2,1-3H3,(H,20,21)/t10-/m1/s1. The van der Waals surface area contributed by atoms with Crippen LogP contribution in [0.3, 0.4) is 0 Å². The first-order chi connectivity index (χ1) is 11.5. The predicted octanol–water partition coefficient (Wildman–Crippen LogP) is 4.80. The van der Waals surface area contributed by atoms with Gasteiger partial charge in [0.2, 0.25) is 0 Å². The van der Waals surface area contributed by atoms with Crippen LogP contribution in [0.25, 0.3) is 0 Å². The van der Waals surface area contributed by atoms with E-state index in [1.54, 1.807) is 30.6 Å². The van der Waals surface area contributed by atoms with E-state index in [1.165, 1.54) is 24.0 Å². The van der Waals surface area contributed by atoms with Gasteiger partial charge in [0.25, 0.3) is 5.91 Å². The number of carbonyl (C=O) groups excluding carboxylic acids is 1. The minimum Gasteiger partial charge on any atom is -0.495 e. The lowest BCUT2D eigenvalue weighted by Gasteiger charge is -2.16. The Morgan fingerprint density at radius 3 is 2.71 bits per heavy atom. The molecule has 0 spiro atoms. The number of rotatable bonds is 4. The Hall–Kier alpha value is -1.72. The van der Waals surface area contributed by atoms with Gasteiger partial charge in [-0.25, -0.2) is 0 Å². The largest absolute Gasteiger partial charge is 0.495 e. The molecule has 1 atom stereocenters. The van der Waals surface area contributed by atoms with Crippen LogP contribution in [0.4, 0.5) is 5.69 Å². The molecule has 1 aromatic carbocycles. The number of amides is 1. The molecule has 0 aliphatic heterocycles. The third-order valence-corrected chi connectivity index (χ3v) is 5.81. The van der Waals surface area contributed by atoms with Crippen molar-refractivity contribution in [3.8, 4) is 11.5 Å². The van der Waals surface area contributed by atoms with E-state index in [0.717, 1.165) is 17.7 Å². The van der Waals surface area contributed by atoms with Crippen molar-refractivity contribution < 1.29 is 14.3 Å². The van der Waals surface area contributed by atoms with Crippen molar-refractivity contribution >= 4 is 34.5 Å². The van der Waals surface area contributed by atoms with Crippen LogP contribution in [-0.2, 0) is 12.8 Å². The molecule has 0 fully saturated rings. The van der Waals surface area contributed by atoms with Crippen LogP contribution < -0.4 is 14.8 Å². The van der Waals surface area contributed by atoms with Gasteiger partial charge in [-0.1, -0.05) is 18.5 Å². The highest BCUT2D eigenvalue weighted by Crippen LogP contribution is 2.37. The van der Waals surface area contributed by atoms with Crippen LogP contribution in [-0.4, -0.2) is 20.1 Å². The van der Waals surface area contributed by atoms with Crippen LogP contribution >= 0.6 is 22.9 Å². The number of anilines is 1. The Balaban J connectivity index is 1.85. The van der Waals surface area contributed by atoms with E-state index in [-0.39, 0.29) is 5.91 Å². The van der Waals surface area contributed by atoms with Crippen molar-refractivity contribution in [3.05, 3.63) is 38.5 Å². The Morgan fingerprint density at radius 2 is 2.00 bits per heavy atom. The van der Waals surface area contributed by atoms with Crippen molar-refractivity contribution in [3.63, 3.8) is 0 Å². The smallest absolute Gasteiger partial charge is 0.265 e. The summed E-state index contributed by atoms with van der Waals surface area (Å²) < 4.78 is 10.5. The Kier molecular flexibility index (Phi) is 5.01. The van der Waals surface area contributed by atoms with Gasteiger partial charge in [0.1, 0.15) is 11.5 Å². The normalized spacial score (nSPS) is 16.4. The highest BCUT2D eigenvalue weighted by molar-refractivity contribution is 7.14. The summed E-state index contributed by atoms with van der Waals surface area (Å²) in [6, 6.07) is 5.33. The van der Waals surface area contributed by atoms with Gasteiger partial charge in [0.15, 0.2) is 0 Å². The minimum atomic E-state index is -0.135. The van der Waals surface area contributed by atoms with E-state index in [2.05, 4.69) is 12.2 Å². The SMILES string of the molecule is COc1cc(NC(=O)c2cc3c(s2)CC[C@@H](C)C3)c(OC)cc1Cl. The fourth-order valence-electron chi connectivity index (χ4n) is 2.96. The zero-order chi connectivity index (χ0) is 17.3. The van der Waals surface area contributed by atoms with Gasteiger partial charge in [-0.15, -0.1) is 11.3 Å². The van der Waals surface area contributed by atoms with Gasteiger partial charge in [-0.2, -0.15) is 0 Å². The minimum absolute atomic E-state index is 0.135. The van der Waals surface area contributed by atoms with Gasteiger partial charge >= 0.3 is 0 Å². The van der Waals surface area contributed by atoms with Crippen LogP contribution in [0.5, 0.6) is 11.5 Å². The Labute approximate surface area is 150 Å². The Morgan fingerprint density at radius 1 is 1.25 bits per heavy atom. The molecule has 1 aliphatic carbocycles.